The summed E-state index contributed by atoms with van der Waals surface area (Å²) in [6, 6.07) is 2.46. The molecule has 0 unspecified atom stereocenters. The maximum Gasteiger partial charge on any atom is 0.307 e. The largest absolute Gasteiger partial charge is 0.508 e. The summed E-state index contributed by atoms with van der Waals surface area (Å²) in [5, 5.41) is 18.1. The Morgan fingerprint density at radius 3 is 2.38 bits per heavy atom. The summed E-state index contributed by atoms with van der Waals surface area (Å²) >= 11 is 0. The van der Waals surface area contributed by atoms with Gasteiger partial charge in [-0.2, -0.15) is 0 Å². The van der Waals surface area contributed by atoms with Crippen LogP contribution in [0.1, 0.15) is 11.1 Å². The maximum atomic E-state index is 11.4. The number of carboxylic acids is 1. The highest BCUT2D eigenvalue weighted by molar-refractivity contribution is 7.90. The lowest BCUT2D eigenvalue weighted by atomic mass is 10.1. The lowest BCUT2D eigenvalue weighted by Gasteiger charge is -2.08. The van der Waals surface area contributed by atoms with Crippen LogP contribution in [0.15, 0.2) is 17.0 Å². The van der Waals surface area contributed by atoms with E-state index in [4.69, 9.17) is 5.11 Å². The van der Waals surface area contributed by atoms with Crippen LogP contribution in [0, 0.1) is 6.92 Å². The molecule has 0 heterocycles. The number of sulfone groups is 1. The van der Waals surface area contributed by atoms with Crippen LogP contribution in [0.4, 0.5) is 0 Å². The number of carboxylic acid groups (broad SMARTS) is 1. The number of hydrogen-bond donors (Lipinski definition) is 2. The molecule has 0 amide bonds. The summed E-state index contributed by atoms with van der Waals surface area (Å²) in [4.78, 5) is 10.5. The topological polar surface area (TPSA) is 91.7 Å². The van der Waals surface area contributed by atoms with E-state index < -0.39 is 22.2 Å². The molecule has 0 atom stereocenters. The molecule has 5 nitrogen and oxygen atoms in total. The van der Waals surface area contributed by atoms with Gasteiger partial charge in [-0.15, -0.1) is 0 Å². The standard InChI is InChI=1S/C10H12O5S/c1-6-3-9(16(2,14)15)7(4-8(6)11)5-10(12)13/h3-4,11H,5H2,1-2H3,(H,12,13). The normalized spacial score (nSPS) is 11.4. The first-order valence-corrected chi connectivity index (χ1v) is 6.35. The molecule has 0 aliphatic rings. The molecule has 0 spiro atoms. The van der Waals surface area contributed by atoms with Crippen molar-refractivity contribution in [3.05, 3.63) is 23.3 Å². The zero-order valence-corrected chi connectivity index (χ0v) is 9.71. The Balaban J connectivity index is 3.45. The number of aromatic hydroxyl groups is 1. The monoisotopic (exact) mass is 244 g/mol. The Morgan fingerprint density at radius 2 is 1.94 bits per heavy atom. The van der Waals surface area contributed by atoms with Gasteiger partial charge in [0.05, 0.1) is 11.3 Å². The van der Waals surface area contributed by atoms with E-state index >= 15 is 0 Å². The van der Waals surface area contributed by atoms with Crippen molar-refractivity contribution in [2.45, 2.75) is 18.2 Å². The summed E-state index contributed by atoms with van der Waals surface area (Å²) in [7, 11) is -3.49. The quantitative estimate of drug-likeness (QED) is 0.817. The molecule has 88 valence electrons. The molecular formula is C10H12O5S. The van der Waals surface area contributed by atoms with Crippen LogP contribution in [0.25, 0.3) is 0 Å². The first-order chi connectivity index (χ1) is 7.21. The number of rotatable bonds is 3. The smallest absolute Gasteiger partial charge is 0.307 e. The molecule has 2 N–H and O–H groups in total. The van der Waals surface area contributed by atoms with Crippen LogP contribution in [0.3, 0.4) is 0 Å². The summed E-state index contributed by atoms with van der Waals surface area (Å²) in [6.45, 7) is 1.55. The average Bonchev–Trinajstić information content (AvgIpc) is 2.08. The van der Waals surface area contributed by atoms with Crippen molar-refractivity contribution in [3.8, 4) is 5.75 Å². The predicted molar refractivity (Wildman–Crippen MR) is 57.3 cm³/mol. The number of aliphatic carboxylic acids is 1. The van der Waals surface area contributed by atoms with Gasteiger partial charge >= 0.3 is 5.97 Å². The van der Waals surface area contributed by atoms with Crippen LogP contribution in [0.5, 0.6) is 5.75 Å². The molecule has 6 heteroatoms. The second-order valence-electron chi connectivity index (χ2n) is 3.59. The van der Waals surface area contributed by atoms with Crippen LogP contribution in [0.2, 0.25) is 0 Å². The molecule has 0 saturated carbocycles. The van der Waals surface area contributed by atoms with Crippen molar-refractivity contribution < 1.29 is 23.4 Å². The van der Waals surface area contributed by atoms with Crippen molar-refractivity contribution in [3.63, 3.8) is 0 Å². The van der Waals surface area contributed by atoms with Gasteiger partial charge in [0, 0.05) is 6.26 Å². The Morgan fingerprint density at radius 1 is 1.38 bits per heavy atom. The van der Waals surface area contributed by atoms with E-state index in [9.17, 15) is 18.3 Å². The lowest BCUT2D eigenvalue weighted by molar-refractivity contribution is -0.136. The summed E-state index contributed by atoms with van der Waals surface area (Å²) in [5.41, 5.74) is 0.493. The molecule has 1 aromatic rings. The molecular weight excluding hydrogens is 232 g/mol. The molecule has 0 bridgehead atoms. The van der Waals surface area contributed by atoms with E-state index in [2.05, 4.69) is 0 Å². The third-order valence-electron chi connectivity index (χ3n) is 2.12. The number of hydrogen-bond acceptors (Lipinski definition) is 4. The molecule has 0 radical (unpaired) electrons. The highest BCUT2D eigenvalue weighted by Crippen LogP contribution is 2.25. The highest BCUT2D eigenvalue weighted by atomic mass is 32.2. The second-order valence-corrected chi connectivity index (χ2v) is 5.57. The molecule has 0 fully saturated rings. The molecule has 0 saturated heterocycles. The van der Waals surface area contributed by atoms with Gasteiger partial charge in [0.2, 0.25) is 0 Å². The highest BCUT2D eigenvalue weighted by Gasteiger charge is 2.17. The van der Waals surface area contributed by atoms with Crippen molar-refractivity contribution in [2.24, 2.45) is 0 Å². The van der Waals surface area contributed by atoms with Gasteiger partial charge in [0.25, 0.3) is 0 Å². The lowest BCUT2D eigenvalue weighted by Crippen LogP contribution is -2.08. The van der Waals surface area contributed by atoms with E-state index in [-0.39, 0.29) is 16.2 Å². The van der Waals surface area contributed by atoms with E-state index in [0.29, 0.717) is 5.56 Å². The van der Waals surface area contributed by atoms with Gasteiger partial charge in [0.1, 0.15) is 5.75 Å². The van der Waals surface area contributed by atoms with Crippen LogP contribution < -0.4 is 0 Å². The molecule has 0 aliphatic heterocycles. The summed E-state index contributed by atoms with van der Waals surface area (Å²) < 4.78 is 22.8. The first kappa shape index (κ1) is 12.5. The van der Waals surface area contributed by atoms with Gasteiger partial charge in [0.15, 0.2) is 9.84 Å². The van der Waals surface area contributed by atoms with Gasteiger partial charge < -0.3 is 10.2 Å². The fraction of sp³-hybridized carbons (Fsp3) is 0.300. The van der Waals surface area contributed by atoms with Crippen molar-refractivity contribution in [1.82, 2.24) is 0 Å². The van der Waals surface area contributed by atoms with Gasteiger partial charge in [-0.1, -0.05) is 0 Å². The molecule has 0 aliphatic carbocycles. The third-order valence-corrected chi connectivity index (χ3v) is 3.30. The Labute approximate surface area is 93.3 Å². The van der Waals surface area contributed by atoms with Crippen LogP contribution in [-0.4, -0.2) is 30.9 Å². The van der Waals surface area contributed by atoms with Crippen molar-refractivity contribution >= 4 is 15.8 Å². The zero-order chi connectivity index (χ0) is 12.5. The summed E-state index contributed by atoms with van der Waals surface area (Å²) in [5.74, 6) is -1.25. The Kier molecular flexibility index (Phi) is 3.23. The van der Waals surface area contributed by atoms with E-state index in [1.165, 1.54) is 12.1 Å². The van der Waals surface area contributed by atoms with Gasteiger partial charge in [-0.3, -0.25) is 4.79 Å². The fourth-order valence-corrected chi connectivity index (χ4v) is 2.36. The zero-order valence-electron chi connectivity index (χ0n) is 8.89. The molecule has 1 rings (SSSR count). The minimum atomic E-state index is -3.49. The number of benzene rings is 1. The van der Waals surface area contributed by atoms with E-state index in [0.717, 1.165) is 6.26 Å². The van der Waals surface area contributed by atoms with Gasteiger partial charge in [-0.05, 0) is 30.2 Å². The number of aryl methyl sites for hydroxylation is 1. The average molecular weight is 244 g/mol. The second kappa shape index (κ2) is 4.13. The first-order valence-electron chi connectivity index (χ1n) is 4.46. The Bertz CT molecular complexity index is 530. The van der Waals surface area contributed by atoms with E-state index in [1.54, 1.807) is 6.92 Å². The fourth-order valence-electron chi connectivity index (χ4n) is 1.36. The van der Waals surface area contributed by atoms with Crippen molar-refractivity contribution in [1.29, 1.82) is 0 Å². The maximum absolute atomic E-state index is 11.4. The minimum Gasteiger partial charge on any atom is -0.508 e. The van der Waals surface area contributed by atoms with E-state index in [1.807, 2.05) is 0 Å². The molecule has 1 aromatic carbocycles. The number of phenols is 1. The Hall–Kier alpha value is -1.56. The summed E-state index contributed by atoms with van der Waals surface area (Å²) in [6.07, 6.45) is 0.570. The van der Waals surface area contributed by atoms with Gasteiger partial charge in [-0.25, -0.2) is 8.42 Å². The number of phenolic OH excluding ortho intramolecular Hbond substituents is 1. The molecule has 0 aromatic heterocycles. The number of carbonyl (C=O) groups is 1. The van der Waals surface area contributed by atoms with Crippen LogP contribution in [-0.2, 0) is 21.1 Å². The predicted octanol–water partition coefficient (Wildman–Crippen LogP) is 0.731. The van der Waals surface area contributed by atoms with Crippen molar-refractivity contribution in [2.75, 3.05) is 6.26 Å². The third kappa shape index (κ3) is 2.73. The SMILES string of the molecule is Cc1cc(S(C)(=O)=O)c(CC(=O)O)cc1O. The molecule has 16 heavy (non-hydrogen) atoms. The van der Waals surface area contributed by atoms with Crippen LogP contribution >= 0.6 is 0 Å². The minimum absolute atomic E-state index is 0.0507.